The highest BCUT2D eigenvalue weighted by molar-refractivity contribution is 5.58. The maximum Gasteiger partial charge on any atom is 0.0994 e. The molecule has 0 aliphatic heterocycles. The molecule has 0 amide bonds. The first-order chi connectivity index (χ1) is 9.78. The predicted octanol–water partition coefficient (Wildman–Crippen LogP) is 3.13. The third-order valence-electron chi connectivity index (χ3n) is 3.47. The summed E-state index contributed by atoms with van der Waals surface area (Å²) in [4.78, 5) is 6.45. The van der Waals surface area contributed by atoms with Crippen molar-refractivity contribution in [2.24, 2.45) is 0 Å². The lowest BCUT2D eigenvalue weighted by molar-refractivity contribution is 0.419. The molecule has 1 heterocycles. The van der Waals surface area contributed by atoms with Gasteiger partial charge in [0.05, 0.1) is 12.0 Å². The number of hydrogen-bond donors (Lipinski definition) is 1. The van der Waals surface area contributed by atoms with Gasteiger partial charge in [0.2, 0.25) is 0 Å². The molecule has 0 bridgehead atoms. The van der Waals surface area contributed by atoms with Crippen molar-refractivity contribution >= 4 is 5.69 Å². The van der Waals surface area contributed by atoms with Crippen molar-refractivity contribution in [1.29, 1.82) is 0 Å². The molecule has 1 N–H and O–H groups in total. The number of benzene rings is 1. The van der Waals surface area contributed by atoms with Crippen LogP contribution in [0.25, 0.3) is 5.69 Å². The van der Waals surface area contributed by atoms with Gasteiger partial charge in [0.1, 0.15) is 0 Å². The molecule has 0 aliphatic rings. The Morgan fingerprint density at radius 1 is 1.24 bits per heavy atom. The minimum atomic E-state index is 0.0944. The number of anilines is 1. The Balaban J connectivity index is 2.31. The summed E-state index contributed by atoms with van der Waals surface area (Å²) in [7, 11) is 4.14. The minimum absolute atomic E-state index is 0.0944. The van der Waals surface area contributed by atoms with Crippen LogP contribution in [0.3, 0.4) is 0 Å². The molecule has 0 fully saturated rings. The summed E-state index contributed by atoms with van der Waals surface area (Å²) < 4.78 is 2.14. The lowest BCUT2D eigenvalue weighted by atomic mass is 10.1. The van der Waals surface area contributed by atoms with Crippen molar-refractivity contribution in [3.05, 3.63) is 42.0 Å². The molecule has 0 saturated heterocycles. The van der Waals surface area contributed by atoms with Gasteiger partial charge >= 0.3 is 0 Å². The monoisotopic (exact) mass is 286 g/mol. The van der Waals surface area contributed by atoms with E-state index in [0.29, 0.717) is 0 Å². The van der Waals surface area contributed by atoms with Gasteiger partial charge in [-0.2, -0.15) is 0 Å². The third-order valence-corrected chi connectivity index (χ3v) is 3.47. The van der Waals surface area contributed by atoms with Crippen LogP contribution >= 0.6 is 0 Å². The molecule has 2 rings (SSSR count). The van der Waals surface area contributed by atoms with Crippen LogP contribution in [-0.4, -0.2) is 29.2 Å². The number of rotatable bonds is 4. The lowest BCUT2D eigenvalue weighted by Gasteiger charge is -2.21. The highest BCUT2D eigenvalue weighted by Gasteiger charge is 2.12. The maximum absolute atomic E-state index is 4.31. The standard InChI is InChI=1S/C17H26N4/c1-13-7-8-14(9-16(13)20(5)6)21-12-18-10-15(21)11-19-17(2,3)4/h7-10,12,19H,11H2,1-6H3. The van der Waals surface area contributed by atoms with Crippen molar-refractivity contribution < 1.29 is 0 Å². The molecule has 4 heteroatoms. The van der Waals surface area contributed by atoms with Crippen LogP contribution in [0.2, 0.25) is 0 Å². The van der Waals surface area contributed by atoms with Gasteiger partial charge in [-0.25, -0.2) is 4.98 Å². The molecule has 1 aromatic carbocycles. The van der Waals surface area contributed by atoms with Gasteiger partial charge in [-0.1, -0.05) is 6.07 Å². The van der Waals surface area contributed by atoms with Gasteiger partial charge in [0, 0.05) is 43.8 Å². The Hall–Kier alpha value is -1.81. The first-order valence-electron chi connectivity index (χ1n) is 7.32. The molecule has 1 aromatic heterocycles. The van der Waals surface area contributed by atoms with Gasteiger partial charge < -0.3 is 14.8 Å². The van der Waals surface area contributed by atoms with Gasteiger partial charge in [0.25, 0.3) is 0 Å². The van der Waals surface area contributed by atoms with Crippen molar-refractivity contribution in [1.82, 2.24) is 14.9 Å². The van der Waals surface area contributed by atoms with E-state index in [1.807, 2.05) is 12.5 Å². The van der Waals surface area contributed by atoms with Gasteiger partial charge in [-0.3, -0.25) is 0 Å². The first-order valence-corrected chi connectivity index (χ1v) is 7.32. The number of imidazole rings is 1. The topological polar surface area (TPSA) is 33.1 Å². The molecule has 0 aliphatic carbocycles. The van der Waals surface area contributed by atoms with Crippen molar-refractivity contribution in [3.63, 3.8) is 0 Å². The Labute approximate surface area is 127 Å². The maximum atomic E-state index is 4.31. The van der Waals surface area contributed by atoms with Crippen LogP contribution in [0.4, 0.5) is 5.69 Å². The quantitative estimate of drug-likeness (QED) is 0.937. The van der Waals surface area contributed by atoms with Crippen molar-refractivity contribution in [2.45, 2.75) is 39.8 Å². The third kappa shape index (κ3) is 3.85. The first kappa shape index (κ1) is 15.6. The Morgan fingerprint density at radius 2 is 1.95 bits per heavy atom. The summed E-state index contributed by atoms with van der Waals surface area (Å²) in [6.07, 6.45) is 3.80. The van der Waals surface area contributed by atoms with Crippen LogP contribution in [0, 0.1) is 6.92 Å². The summed E-state index contributed by atoms with van der Waals surface area (Å²) in [5.74, 6) is 0. The molecule has 114 valence electrons. The number of aryl methyl sites for hydroxylation is 1. The molecule has 0 radical (unpaired) electrons. The highest BCUT2D eigenvalue weighted by Crippen LogP contribution is 2.23. The molecule has 0 atom stereocenters. The zero-order valence-corrected chi connectivity index (χ0v) is 13.9. The second-order valence-electron chi connectivity index (χ2n) is 6.72. The molecule has 4 nitrogen and oxygen atoms in total. The predicted molar refractivity (Wildman–Crippen MR) is 89.2 cm³/mol. The number of nitrogens with zero attached hydrogens (tertiary/aromatic N) is 3. The number of nitrogens with one attached hydrogen (secondary N) is 1. The second kappa shape index (κ2) is 5.90. The van der Waals surface area contributed by atoms with Gasteiger partial charge in [-0.05, 0) is 45.4 Å². The molecule has 21 heavy (non-hydrogen) atoms. The summed E-state index contributed by atoms with van der Waals surface area (Å²) in [5.41, 5.74) is 4.91. The zero-order valence-electron chi connectivity index (χ0n) is 13.9. The van der Waals surface area contributed by atoms with E-state index >= 15 is 0 Å². The normalized spacial score (nSPS) is 11.7. The van der Waals surface area contributed by atoms with E-state index in [-0.39, 0.29) is 5.54 Å². The number of hydrogen-bond acceptors (Lipinski definition) is 3. The SMILES string of the molecule is Cc1ccc(-n2cncc2CNC(C)(C)C)cc1N(C)C. The largest absolute Gasteiger partial charge is 0.377 e. The summed E-state index contributed by atoms with van der Waals surface area (Å²) in [6.45, 7) is 9.45. The summed E-state index contributed by atoms with van der Waals surface area (Å²) in [6, 6.07) is 6.51. The smallest absolute Gasteiger partial charge is 0.0994 e. The summed E-state index contributed by atoms with van der Waals surface area (Å²) >= 11 is 0. The molecule has 0 saturated carbocycles. The number of aromatic nitrogens is 2. The van der Waals surface area contributed by atoms with Crippen LogP contribution in [-0.2, 0) is 6.54 Å². The van der Waals surface area contributed by atoms with E-state index < -0.39 is 0 Å². The minimum Gasteiger partial charge on any atom is -0.377 e. The van der Waals surface area contributed by atoms with Crippen molar-refractivity contribution in [3.8, 4) is 5.69 Å². The summed E-state index contributed by atoms with van der Waals surface area (Å²) in [5, 5.41) is 3.51. The van der Waals surface area contributed by atoms with Crippen LogP contribution in [0.15, 0.2) is 30.7 Å². The van der Waals surface area contributed by atoms with E-state index in [4.69, 9.17) is 0 Å². The molecule has 0 unspecified atom stereocenters. The molecular weight excluding hydrogens is 260 g/mol. The molecule has 2 aromatic rings. The van der Waals surface area contributed by atoms with Crippen LogP contribution in [0.1, 0.15) is 32.0 Å². The van der Waals surface area contributed by atoms with E-state index in [1.54, 1.807) is 0 Å². The van der Waals surface area contributed by atoms with E-state index in [9.17, 15) is 0 Å². The van der Waals surface area contributed by atoms with Crippen molar-refractivity contribution in [2.75, 3.05) is 19.0 Å². The van der Waals surface area contributed by atoms with E-state index in [1.165, 1.54) is 16.9 Å². The van der Waals surface area contributed by atoms with E-state index in [2.05, 4.69) is 79.8 Å². The fraction of sp³-hybridized carbons (Fsp3) is 0.471. The van der Waals surface area contributed by atoms with Crippen LogP contribution < -0.4 is 10.2 Å². The average molecular weight is 286 g/mol. The van der Waals surface area contributed by atoms with E-state index in [0.717, 1.165) is 12.2 Å². The fourth-order valence-electron chi connectivity index (χ4n) is 2.27. The second-order valence-corrected chi connectivity index (χ2v) is 6.72. The lowest BCUT2D eigenvalue weighted by Crippen LogP contribution is -2.35. The zero-order chi connectivity index (χ0) is 15.6. The Kier molecular flexibility index (Phi) is 4.37. The average Bonchev–Trinajstić information content (AvgIpc) is 2.84. The van der Waals surface area contributed by atoms with Crippen LogP contribution in [0.5, 0.6) is 0 Å². The molecule has 0 spiro atoms. The Bertz CT molecular complexity index is 605. The fourth-order valence-corrected chi connectivity index (χ4v) is 2.27. The van der Waals surface area contributed by atoms with Gasteiger partial charge in [0.15, 0.2) is 0 Å². The Morgan fingerprint density at radius 3 is 2.57 bits per heavy atom. The van der Waals surface area contributed by atoms with Gasteiger partial charge in [-0.15, -0.1) is 0 Å². The highest BCUT2D eigenvalue weighted by atomic mass is 15.1. The molecular formula is C17H26N4.